The summed E-state index contributed by atoms with van der Waals surface area (Å²) in [5, 5.41) is 0.523. The van der Waals surface area contributed by atoms with Gasteiger partial charge in [-0.1, -0.05) is 42.3 Å². The van der Waals surface area contributed by atoms with Crippen molar-refractivity contribution in [2.45, 2.75) is 64.1 Å². The van der Waals surface area contributed by atoms with Gasteiger partial charge in [0.2, 0.25) is 0 Å². The molecule has 0 N–H and O–H groups in total. The summed E-state index contributed by atoms with van der Waals surface area (Å²) in [5.41, 5.74) is 1.35. The summed E-state index contributed by atoms with van der Waals surface area (Å²) in [6, 6.07) is 14.6. The number of ether oxygens (including phenoxy) is 1. The molecule has 0 aliphatic rings. The van der Waals surface area contributed by atoms with E-state index in [4.69, 9.17) is 32.9 Å². The molecular weight excluding hydrogens is 576 g/mol. The third-order valence-electron chi connectivity index (χ3n) is 6.03. The molecular formula is C29H30Cl2FN3O4S. The molecule has 0 amide bonds. The van der Waals surface area contributed by atoms with Crippen LogP contribution in [0.15, 0.2) is 65.6 Å². The number of carbonyl (C=O) groups is 1. The molecule has 0 saturated heterocycles. The van der Waals surface area contributed by atoms with E-state index in [1.54, 1.807) is 61.7 Å². The number of aromatic nitrogens is 2. The molecule has 0 atom stereocenters. The molecule has 4 aromatic rings. The number of rotatable bonds is 9. The van der Waals surface area contributed by atoms with Crippen LogP contribution in [0.1, 0.15) is 45.5 Å². The molecule has 0 aliphatic heterocycles. The van der Waals surface area contributed by atoms with Crippen molar-refractivity contribution in [3.8, 4) is 0 Å². The van der Waals surface area contributed by atoms with Gasteiger partial charge >= 0.3 is 5.97 Å². The first-order chi connectivity index (χ1) is 18.8. The molecule has 40 heavy (non-hydrogen) atoms. The highest BCUT2D eigenvalue weighted by atomic mass is 35.5. The quantitative estimate of drug-likeness (QED) is 0.189. The van der Waals surface area contributed by atoms with E-state index in [0.717, 1.165) is 18.6 Å². The number of imidazole rings is 1. The van der Waals surface area contributed by atoms with Crippen LogP contribution in [0.3, 0.4) is 0 Å². The number of fused-ring (bicyclic) bond motifs is 1. The van der Waals surface area contributed by atoms with E-state index in [2.05, 4.69) is 0 Å². The first-order valence-corrected chi connectivity index (χ1v) is 14.9. The van der Waals surface area contributed by atoms with Crippen LogP contribution in [0, 0.1) is 5.82 Å². The number of nitrogens with zero attached hydrogens (tertiary/aromatic N) is 3. The van der Waals surface area contributed by atoms with Gasteiger partial charge in [-0.2, -0.15) is 0 Å². The van der Waals surface area contributed by atoms with Gasteiger partial charge < -0.3 is 9.30 Å². The average molecular weight is 607 g/mol. The van der Waals surface area contributed by atoms with Gasteiger partial charge in [0, 0.05) is 6.42 Å². The number of hydrogen-bond donors (Lipinski definition) is 0. The van der Waals surface area contributed by atoms with Crippen molar-refractivity contribution in [2.75, 3.05) is 4.31 Å². The summed E-state index contributed by atoms with van der Waals surface area (Å²) < 4.78 is 49.9. The maximum Gasteiger partial charge on any atom is 0.326 e. The monoisotopic (exact) mass is 605 g/mol. The smallest absolute Gasteiger partial charge is 0.326 e. The molecule has 0 saturated carbocycles. The van der Waals surface area contributed by atoms with Crippen molar-refractivity contribution >= 4 is 55.9 Å². The van der Waals surface area contributed by atoms with E-state index >= 15 is 0 Å². The van der Waals surface area contributed by atoms with Crippen LogP contribution in [-0.4, -0.2) is 29.5 Å². The number of carbonyl (C=O) groups excluding carboxylic acids is 1. The second kappa shape index (κ2) is 11.8. The fraction of sp³-hybridized carbons (Fsp3) is 0.310. The standard InChI is InChI=1S/C29H30Cl2FN3O4S/c1-5-7-26-33-24-16-21(12-15-25(24)34(26)18-27(36)39-29(2,3)4)35(17-19-8-6-9-23(30)28(19)31)40(37,38)22-13-10-20(32)11-14-22/h6,8-16H,5,7,17-18H2,1-4H3. The maximum absolute atomic E-state index is 13.9. The van der Waals surface area contributed by atoms with Gasteiger partial charge in [0.1, 0.15) is 23.8 Å². The molecule has 0 bridgehead atoms. The van der Waals surface area contributed by atoms with Crippen LogP contribution in [0.5, 0.6) is 0 Å². The van der Waals surface area contributed by atoms with E-state index in [-0.39, 0.29) is 23.0 Å². The zero-order chi connectivity index (χ0) is 29.2. The molecule has 4 rings (SSSR count). The number of anilines is 1. The van der Waals surface area contributed by atoms with Gasteiger partial charge in [0.15, 0.2) is 0 Å². The SMILES string of the molecule is CCCc1nc2cc(N(Cc3cccc(Cl)c3Cl)S(=O)(=O)c3ccc(F)cc3)ccc2n1CC(=O)OC(C)(C)C. The van der Waals surface area contributed by atoms with Crippen LogP contribution < -0.4 is 4.31 Å². The van der Waals surface area contributed by atoms with E-state index in [0.29, 0.717) is 39.6 Å². The largest absolute Gasteiger partial charge is 0.459 e. The van der Waals surface area contributed by atoms with Gasteiger partial charge in [-0.05, 0) is 81.3 Å². The Kier molecular flexibility index (Phi) is 8.77. The van der Waals surface area contributed by atoms with E-state index < -0.39 is 27.4 Å². The molecule has 212 valence electrons. The summed E-state index contributed by atoms with van der Waals surface area (Å²) in [6.45, 7) is 7.26. The second-order valence-corrected chi connectivity index (χ2v) is 12.9. The fourth-order valence-electron chi connectivity index (χ4n) is 4.29. The summed E-state index contributed by atoms with van der Waals surface area (Å²) in [5.74, 6) is -0.264. The highest BCUT2D eigenvalue weighted by Crippen LogP contribution is 2.33. The number of benzene rings is 3. The van der Waals surface area contributed by atoms with Crippen molar-refractivity contribution < 1.29 is 22.3 Å². The Labute approximate surface area is 243 Å². The van der Waals surface area contributed by atoms with E-state index in [9.17, 15) is 17.6 Å². The maximum atomic E-state index is 13.9. The highest BCUT2D eigenvalue weighted by Gasteiger charge is 2.28. The van der Waals surface area contributed by atoms with E-state index in [1.807, 2.05) is 6.92 Å². The molecule has 3 aromatic carbocycles. The lowest BCUT2D eigenvalue weighted by molar-refractivity contribution is -0.155. The Bertz CT molecular complexity index is 1650. The summed E-state index contributed by atoms with van der Waals surface area (Å²) in [7, 11) is -4.16. The molecule has 1 aromatic heterocycles. The Morgan fingerprint density at radius 2 is 1.77 bits per heavy atom. The Hall–Kier alpha value is -3.14. The Morgan fingerprint density at radius 1 is 1.07 bits per heavy atom. The van der Waals surface area contributed by atoms with Crippen molar-refractivity contribution in [3.63, 3.8) is 0 Å². The predicted molar refractivity (Wildman–Crippen MR) is 156 cm³/mol. The normalized spacial score (nSPS) is 12.1. The zero-order valence-corrected chi connectivity index (χ0v) is 24.9. The molecule has 0 unspecified atom stereocenters. The molecule has 11 heteroatoms. The van der Waals surface area contributed by atoms with Gasteiger partial charge in [-0.25, -0.2) is 17.8 Å². The fourth-order valence-corrected chi connectivity index (χ4v) is 6.11. The lowest BCUT2D eigenvalue weighted by Crippen LogP contribution is -2.30. The van der Waals surface area contributed by atoms with Crippen LogP contribution in [0.25, 0.3) is 11.0 Å². The van der Waals surface area contributed by atoms with Crippen LogP contribution in [-0.2, 0) is 39.1 Å². The third-order valence-corrected chi connectivity index (χ3v) is 8.67. The number of esters is 1. The van der Waals surface area contributed by atoms with Crippen molar-refractivity contribution in [3.05, 3.63) is 87.9 Å². The van der Waals surface area contributed by atoms with E-state index in [1.165, 1.54) is 16.4 Å². The first kappa shape index (κ1) is 29.8. The minimum Gasteiger partial charge on any atom is -0.459 e. The van der Waals surface area contributed by atoms with Crippen LogP contribution >= 0.6 is 23.2 Å². The number of aryl methyl sites for hydroxylation is 1. The molecule has 0 radical (unpaired) electrons. The molecule has 0 fully saturated rings. The minimum absolute atomic E-state index is 0.0296. The third kappa shape index (κ3) is 6.59. The van der Waals surface area contributed by atoms with Gasteiger partial charge in [0.05, 0.1) is 38.2 Å². The molecule has 0 aliphatic carbocycles. The summed E-state index contributed by atoms with van der Waals surface area (Å²) >= 11 is 12.6. The second-order valence-electron chi connectivity index (χ2n) is 10.3. The lowest BCUT2D eigenvalue weighted by Gasteiger charge is -2.25. The molecule has 7 nitrogen and oxygen atoms in total. The number of halogens is 3. The molecule has 1 heterocycles. The van der Waals surface area contributed by atoms with Gasteiger partial charge in [-0.15, -0.1) is 0 Å². The van der Waals surface area contributed by atoms with Crippen molar-refractivity contribution in [1.82, 2.24) is 9.55 Å². The van der Waals surface area contributed by atoms with Gasteiger partial charge in [0.25, 0.3) is 10.0 Å². The first-order valence-electron chi connectivity index (χ1n) is 12.7. The topological polar surface area (TPSA) is 81.5 Å². The minimum atomic E-state index is -4.16. The van der Waals surface area contributed by atoms with Crippen molar-refractivity contribution in [1.29, 1.82) is 0 Å². The molecule has 0 spiro atoms. The van der Waals surface area contributed by atoms with Crippen LogP contribution in [0.2, 0.25) is 10.0 Å². The number of hydrogen-bond acceptors (Lipinski definition) is 5. The van der Waals surface area contributed by atoms with Crippen LogP contribution in [0.4, 0.5) is 10.1 Å². The summed E-state index contributed by atoms with van der Waals surface area (Å²) in [6.07, 6.45) is 1.41. The Morgan fingerprint density at radius 3 is 2.42 bits per heavy atom. The highest BCUT2D eigenvalue weighted by molar-refractivity contribution is 7.92. The lowest BCUT2D eigenvalue weighted by atomic mass is 10.2. The van der Waals surface area contributed by atoms with Gasteiger partial charge in [-0.3, -0.25) is 9.10 Å². The average Bonchev–Trinajstić information content (AvgIpc) is 3.20. The zero-order valence-electron chi connectivity index (χ0n) is 22.6. The number of sulfonamides is 1. The predicted octanol–water partition coefficient (Wildman–Crippen LogP) is 7.17. The summed E-state index contributed by atoms with van der Waals surface area (Å²) in [4.78, 5) is 17.3. The van der Waals surface area contributed by atoms with Crippen molar-refractivity contribution in [2.24, 2.45) is 0 Å². The Balaban J connectivity index is 1.83.